The maximum Gasteiger partial charge on any atom is 0.146 e. The number of anilines is 1. The Bertz CT molecular complexity index is 597. The van der Waals surface area contributed by atoms with E-state index in [0.717, 1.165) is 5.56 Å². The molecular formula is C16H18F2N2. The van der Waals surface area contributed by atoms with Crippen molar-refractivity contribution < 1.29 is 8.78 Å². The lowest BCUT2D eigenvalue weighted by molar-refractivity contribution is 0.599. The molecule has 0 saturated carbocycles. The van der Waals surface area contributed by atoms with Gasteiger partial charge in [-0.25, -0.2) is 8.78 Å². The fourth-order valence-corrected chi connectivity index (χ4v) is 2.08. The van der Waals surface area contributed by atoms with Gasteiger partial charge < -0.3 is 10.6 Å². The van der Waals surface area contributed by atoms with Crippen LogP contribution < -0.4 is 10.6 Å². The third kappa shape index (κ3) is 3.14. The van der Waals surface area contributed by atoms with Gasteiger partial charge in [0.2, 0.25) is 0 Å². The topological polar surface area (TPSA) is 29.3 Å². The molecule has 106 valence electrons. The second-order valence-electron chi connectivity index (χ2n) is 4.95. The first-order valence-electron chi connectivity index (χ1n) is 6.48. The molecule has 0 aliphatic rings. The van der Waals surface area contributed by atoms with E-state index in [1.165, 1.54) is 12.1 Å². The highest BCUT2D eigenvalue weighted by Gasteiger charge is 2.12. The first-order valence-corrected chi connectivity index (χ1v) is 6.48. The molecule has 0 unspecified atom stereocenters. The minimum atomic E-state index is -0.348. The van der Waals surface area contributed by atoms with E-state index >= 15 is 0 Å². The summed E-state index contributed by atoms with van der Waals surface area (Å²) in [6, 6.07) is 11.2. The van der Waals surface area contributed by atoms with Gasteiger partial charge in [-0.2, -0.15) is 0 Å². The zero-order valence-corrected chi connectivity index (χ0v) is 11.6. The largest absolute Gasteiger partial charge is 0.368 e. The Labute approximate surface area is 117 Å². The van der Waals surface area contributed by atoms with Crippen LogP contribution in [0.1, 0.15) is 24.1 Å². The minimum Gasteiger partial charge on any atom is -0.368 e. The van der Waals surface area contributed by atoms with Gasteiger partial charge in [0.15, 0.2) is 0 Å². The first kappa shape index (κ1) is 14.5. The van der Waals surface area contributed by atoms with Gasteiger partial charge >= 0.3 is 0 Å². The number of nitrogens with two attached hydrogens (primary N) is 1. The fourth-order valence-electron chi connectivity index (χ4n) is 2.08. The molecule has 2 N–H and O–H groups in total. The molecule has 0 amide bonds. The van der Waals surface area contributed by atoms with Crippen LogP contribution in [0, 0.1) is 11.6 Å². The molecule has 2 aromatic carbocycles. The summed E-state index contributed by atoms with van der Waals surface area (Å²) in [7, 11) is 1.73. The molecule has 1 atom stereocenters. The number of hydrogen-bond acceptors (Lipinski definition) is 2. The van der Waals surface area contributed by atoms with Gasteiger partial charge in [0.25, 0.3) is 0 Å². The third-order valence-electron chi connectivity index (χ3n) is 3.27. The van der Waals surface area contributed by atoms with Crippen LogP contribution >= 0.6 is 0 Å². The summed E-state index contributed by atoms with van der Waals surface area (Å²) < 4.78 is 27.7. The summed E-state index contributed by atoms with van der Waals surface area (Å²) in [5.41, 5.74) is 7.42. The van der Waals surface area contributed by atoms with Crippen molar-refractivity contribution in [1.29, 1.82) is 0 Å². The van der Waals surface area contributed by atoms with E-state index < -0.39 is 0 Å². The average Bonchev–Trinajstić information content (AvgIpc) is 2.41. The van der Waals surface area contributed by atoms with Gasteiger partial charge in [0.1, 0.15) is 11.6 Å². The molecule has 4 heteroatoms. The fraction of sp³-hybridized carbons (Fsp3) is 0.250. The van der Waals surface area contributed by atoms with Crippen molar-refractivity contribution in [3.63, 3.8) is 0 Å². The number of halogens is 2. The van der Waals surface area contributed by atoms with Crippen LogP contribution in [-0.4, -0.2) is 7.05 Å². The second-order valence-corrected chi connectivity index (χ2v) is 4.95. The summed E-state index contributed by atoms with van der Waals surface area (Å²) >= 11 is 0. The van der Waals surface area contributed by atoms with Gasteiger partial charge in [-0.15, -0.1) is 0 Å². The van der Waals surface area contributed by atoms with E-state index in [1.807, 2.05) is 0 Å². The van der Waals surface area contributed by atoms with E-state index in [9.17, 15) is 8.78 Å². The van der Waals surface area contributed by atoms with E-state index in [0.29, 0.717) is 17.8 Å². The highest BCUT2D eigenvalue weighted by atomic mass is 19.1. The normalized spacial score (nSPS) is 12.2. The Morgan fingerprint density at radius 1 is 1.10 bits per heavy atom. The standard InChI is InChI=1S/C16H18F2N2/c1-11(19)12-7-8-16(15(18)9-12)20(2)10-13-5-3-4-6-14(13)17/h3-9,11H,10,19H2,1-2H3/t11-/m0/s1. The zero-order chi connectivity index (χ0) is 14.7. The Morgan fingerprint density at radius 2 is 1.80 bits per heavy atom. The number of nitrogens with zero attached hydrogens (tertiary/aromatic N) is 1. The summed E-state index contributed by atoms with van der Waals surface area (Å²) in [5, 5.41) is 0. The molecule has 2 nitrogen and oxygen atoms in total. The van der Waals surface area contributed by atoms with Crippen LogP contribution in [-0.2, 0) is 6.54 Å². The lowest BCUT2D eigenvalue weighted by Gasteiger charge is -2.21. The molecule has 0 fully saturated rings. The molecule has 0 saturated heterocycles. The highest BCUT2D eigenvalue weighted by Crippen LogP contribution is 2.23. The molecule has 0 aliphatic heterocycles. The van der Waals surface area contributed by atoms with Crippen molar-refractivity contribution in [1.82, 2.24) is 0 Å². The van der Waals surface area contributed by atoms with Crippen LogP contribution in [0.4, 0.5) is 14.5 Å². The summed E-state index contributed by atoms with van der Waals surface area (Å²) in [6.45, 7) is 2.11. The van der Waals surface area contributed by atoms with Crippen molar-refractivity contribution in [2.24, 2.45) is 5.73 Å². The Hall–Kier alpha value is -1.94. The summed E-state index contributed by atoms with van der Waals surface area (Å²) in [5.74, 6) is -0.634. The molecule has 0 aromatic heterocycles. The lowest BCUT2D eigenvalue weighted by atomic mass is 10.1. The number of hydrogen-bond donors (Lipinski definition) is 1. The van der Waals surface area contributed by atoms with Crippen molar-refractivity contribution >= 4 is 5.69 Å². The van der Waals surface area contributed by atoms with Gasteiger partial charge in [0.05, 0.1) is 5.69 Å². The smallest absolute Gasteiger partial charge is 0.146 e. The molecule has 0 bridgehead atoms. The van der Waals surface area contributed by atoms with Crippen molar-refractivity contribution in [3.05, 3.63) is 65.2 Å². The predicted molar refractivity (Wildman–Crippen MR) is 77.5 cm³/mol. The van der Waals surface area contributed by atoms with Gasteiger partial charge in [-0.1, -0.05) is 24.3 Å². The first-order chi connectivity index (χ1) is 9.49. The molecule has 0 heterocycles. The van der Waals surface area contributed by atoms with Crippen LogP contribution in [0.2, 0.25) is 0 Å². The van der Waals surface area contributed by atoms with Gasteiger partial charge in [0, 0.05) is 25.2 Å². The van der Waals surface area contributed by atoms with Crippen LogP contribution in [0.5, 0.6) is 0 Å². The minimum absolute atomic E-state index is 0.213. The lowest BCUT2D eigenvalue weighted by Crippen LogP contribution is -2.19. The molecule has 20 heavy (non-hydrogen) atoms. The van der Waals surface area contributed by atoms with Crippen LogP contribution in [0.15, 0.2) is 42.5 Å². The average molecular weight is 276 g/mol. The van der Waals surface area contributed by atoms with Gasteiger partial charge in [-0.05, 0) is 30.7 Å². The Morgan fingerprint density at radius 3 is 2.40 bits per heavy atom. The molecular weight excluding hydrogens is 258 g/mol. The molecule has 0 radical (unpaired) electrons. The maximum atomic E-state index is 14.1. The zero-order valence-electron chi connectivity index (χ0n) is 11.6. The molecule has 2 rings (SSSR count). The Kier molecular flexibility index (Phi) is 4.35. The van der Waals surface area contributed by atoms with Crippen molar-refractivity contribution in [2.45, 2.75) is 19.5 Å². The van der Waals surface area contributed by atoms with E-state index in [2.05, 4.69) is 0 Å². The van der Waals surface area contributed by atoms with Crippen LogP contribution in [0.25, 0.3) is 0 Å². The number of benzene rings is 2. The second kappa shape index (κ2) is 6.01. The SMILES string of the molecule is C[C@H](N)c1ccc(N(C)Cc2ccccc2F)c(F)c1. The van der Waals surface area contributed by atoms with Crippen molar-refractivity contribution in [2.75, 3.05) is 11.9 Å². The summed E-state index contributed by atoms with van der Waals surface area (Å²) in [6.07, 6.45) is 0. The maximum absolute atomic E-state index is 14.1. The Balaban J connectivity index is 2.21. The van der Waals surface area contributed by atoms with Crippen LogP contribution in [0.3, 0.4) is 0 Å². The van der Waals surface area contributed by atoms with Gasteiger partial charge in [-0.3, -0.25) is 0 Å². The van der Waals surface area contributed by atoms with E-state index in [4.69, 9.17) is 5.73 Å². The third-order valence-corrected chi connectivity index (χ3v) is 3.27. The predicted octanol–water partition coefficient (Wildman–Crippen LogP) is 3.62. The van der Waals surface area contributed by atoms with E-state index in [-0.39, 0.29) is 17.7 Å². The van der Waals surface area contributed by atoms with E-state index in [1.54, 1.807) is 49.2 Å². The molecule has 0 spiro atoms. The summed E-state index contributed by atoms with van der Waals surface area (Å²) in [4.78, 5) is 1.68. The van der Waals surface area contributed by atoms with Crippen molar-refractivity contribution in [3.8, 4) is 0 Å². The number of rotatable bonds is 4. The molecule has 2 aromatic rings. The highest BCUT2D eigenvalue weighted by molar-refractivity contribution is 5.49. The monoisotopic (exact) mass is 276 g/mol. The molecule has 0 aliphatic carbocycles. The quantitative estimate of drug-likeness (QED) is 0.924.